The third kappa shape index (κ3) is 3.14. The number of amides is 1. The first-order valence-electron chi connectivity index (χ1n) is 5.78. The zero-order valence-corrected chi connectivity index (χ0v) is 12.5. The lowest BCUT2D eigenvalue weighted by Gasteiger charge is -2.08. The Balaban J connectivity index is 2.21. The molecule has 0 aliphatic rings. The fraction of sp³-hybridized carbons (Fsp3) is 0.143. The van der Waals surface area contributed by atoms with Crippen molar-refractivity contribution in [3.8, 4) is 5.75 Å². The molecule has 6 heteroatoms. The lowest BCUT2D eigenvalue weighted by molar-refractivity contribution is 0.102. The SMILES string of the molecule is COc1cc(C(=O)Nc2cnc(Br)c(C)c2)ccc1F. The van der Waals surface area contributed by atoms with Crippen LogP contribution < -0.4 is 10.1 Å². The van der Waals surface area contributed by atoms with Crippen LogP contribution in [0, 0.1) is 12.7 Å². The predicted octanol–water partition coefficient (Wildman–Crippen LogP) is 3.55. The molecule has 0 unspecified atom stereocenters. The largest absolute Gasteiger partial charge is 0.494 e. The molecule has 0 fully saturated rings. The molecule has 1 amide bonds. The summed E-state index contributed by atoms with van der Waals surface area (Å²) in [7, 11) is 1.35. The minimum Gasteiger partial charge on any atom is -0.494 e. The molecule has 2 rings (SSSR count). The fourth-order valence-corrected chi connectivity index (χ4v) is 1.85. The van der Waals surface area contributed by atoms with Crippen molar-refractivity contribution in [1.82, 2.24) is 4.98 Å². The first-order chi connectivity index (χ1) is 9.51. The fourth-order valence-electron chi connectivity index (χ4n) is 1.63. The Labute approximate surface area is 124 Å². The molecule has 0 saturated heterocycles. The van der Waals surface area contributed by atoms with E-state index in [1.54, 1.807) is 6.07 Å². The summed E-state index contributed by atoms with van der Waals surface area (Å²) in [6, 6.07) is 5.73. The molecule has 104 valence electrons. The van der Waals surface area contributed by atoms with Gasteiger partial charge in [-0.05, 0) is 52.7 Å². The number of ether oxygens (including phenoxy) is 1. The van der Waals surface area contributed by atoms with Crippen molar-refractivity contribution in [2.45, 2.75) is 6.92 Å². The average molecular weight is 339 g/mol. The normalized spacial score (nSPS) is 10.2. The number of halogens is 2. The molecule has 0 radical (unpaired) electrons. The summed E-state index contributed by atoms with van der Waals surface area (Å²) in [4.78, 5) is 16.2. The van der Waals surface area contributed by atoms with Crippen LogP contribution in [0.4, 0.5) is 10.1 Å². The lowest BCUT2D eigenvalue weighted by Crippen LogP contribution is -2.12. The number of methoxy groups -OCH3 is 1. The van der Waals surface area contributed by atoms with Crippen molar-refractivity contribution in [2.75, 3.05) is 12.4 Å². The van der Waals surface area contributed by atoms with Gasteiger partial charge in [-0.15, -0.1) is 0 Å². The van der Waals surface area contributed by atoms with Gasteiger partial charge in [-0.25, -0.2) is 9.37 Å². The van der Waals surface area contributed by atoms with Crippen LogP contribution in [0.5, 0.6) is 5.75 Å². The number of carbonyl (C=O) groups is 1. The van der Waals surface area contributed by atoms with Crippen molar-refractivity contribution in [3.63, 3.8) is 0 Å². The van der Waals surface area contributed by atoms with Crippen molar-refractivity contribution in [3.05, 3.63) is 52.0 Å². The number of rotatable bonds is 3. The van der Waals surface area contributed by atoms with E-state index in [1.165, 1.54) is 31.5 Å². The van der Waals surface area contributed by atoms with Crippen LogP contribution in [-0.4, -0.2) is 18.0 Å². The molecular weight excluding hydrogens is 327 g/mol. The number of nitrogens with one attached hydrogen (secondary N) is 1. The Bertz CT molecular complexity index is 662. The third-order valence-corrected chi connectivity index (χ3v) is 3.52. The summed E-state index contributed by atoms with van der Waals surface area (Å²) >= 11 is 3.29. The summed E-state index contributed by atoms with van der Waals surface area (Å²) < 4.78 is 18.9. The Morgan fingerprint density at radius 1 is 1.40 bits per heavy atom. The van der Waals surface area contributed by atoms with Crippen LogP contribution in [-0.2, 0) is 0 Å². The molecule has 0 spiro atoms. The number of carbonyl (C=O) groups excluding carboxylic acids is 1. The van der Waals surface area contributed by atoms with Gasteiger partial charge in [-0.2, -0.15) is 0 Å². The van der Waals surface area contributed by atoms with Gasteiger partial charge in [0.2, 0.25) is 0 Å². The van der Waals surface area contributed by atoms with Crippen LogP contribution in [0.25, 0.3) is 0 Å². The topological polar surface area (TPSA) is 51.2 Å². The minimum atomic E-state index is -0.509. The van der Waals surface area contributed by atoms with Gasteiger partial charge in [0.15, 0.2) is 11.6 Å². The molecule has 2 aromatic rings. The Kier molecular flexibility index (Phi) is 4.34. The second-order valence-corrected chi connectivity index (χ2v) is 4.89. The van der Waals surface area contributed by atoms with Crippen LogP contribution in [0.3, 0.4) is 0 Å². The second-order valence-electron chi connectivity index (χ2n) is 4.14. The van der Waals surface area contributed by atoms with E-state index in [9.17, 15) is 9.18 Å². The van der Waals surface area contributed by atoms with E-state index in [4.69, 9.17) is 4.74 Å². The van der Waals surface area contributed by atoms with Crippen molar-refractivity contribution < 1.29 is 13.9 Å². The molecule has 0 saturated carbocycles. The number of anilines is 1. The van der Waals surface area contributed by atoms with Crippen molar-refractivity contribution in [2.24, 2.45) is 0 Å². The van der Waals surface area contributed by atoms with E-state index in [0.717, 1.165) is 10.2 Å². The summed E-state index contributed by atoms with van der Waals surface area (Å²) in [5.41, 5.74) is 1.78. The summed E-state index contributed by atoms with van der Waals surface area (Å²) in [6.45, 7) is 1.87. The van der Waals surface area contributed by atoms with Gasteiger partial charge in [0.25, 0.3) is 5.91 Å². The summed E-state index contributed by atoms with van der Waals surface area (Å²) in [5.74, 6) is -0.834. The second kappa shape index (κ2) is 6.00. The molecule has 0 aliphatic carbocycles. The number of hydrogen-bond acceptors (Lipinski definition) is 3. The van der Waals surface area contributed by atoms with Crippen LogP contribution >= 0.6 is 15.9 Å². The standard InChI is InChI=1S/C14H12BrFN2O2/c1-8-5-10(7-17-13(8)15)18-14(19)9-3-4-11(16)12(6-9)20-2/h3-7H,1-2H3,(H,18,19). The molecule has 1 heterocycles. The maximum absolute atomic E-state index is 13.3. The molecule has 0 bridgehead atoms. The number of pyridine rings is 1. The zero-order chi connectivity index (χ0) is 14.7. The van der Waals surface area contributed by atoms with Gasteiger partial charge in [-0.3, -0.25) is 4.79 Å². The molecule has 1 aromatic carbocycles. The van der Waals surface area contributed by atoms with E-state index in [2.05, 4.69) is 26.2 Å². The number of aromatic nitrogens is 1. The molecule has 1 aromatic heterocycles. The highest BCUT2D eigenvalue weighted by atomic mass is 79.9. The van der Waals surface area contributed by atoms with Crippen LogP contribution in [0.1, 0.15) is 15.9 Å². The van der Waals surface area contributed by atoms with Crippen LogP contribution in [0.15, 0.2) is 35.1 Å². The van der Waals surface area contributed by atoms with E-state index < -0.39 is 5.82 Å². The monoisotopic (exact) mass is 338 g/mol. The quantitative estimate of drug-likeness (QED) is 0.870. The van der Waals surface area contributed by atoms with Crippen LogP contribution in [0.2, 0.25) is 0 Å². The first kappa shape index (κ1) is 14.5. The molecule has 0 atom stereocenters. The molecular formula is C14H12BrFN2O2. The van der Waals surface area contributed by atoms with Gasteiger partial charge < -0.3 is 10.1 Å². The third-order valence-electron chi connectivity index (χ3n) is 2.69. The Morgan fingerprint density at radius 2 is 2.15 bits per heavy atom. The number of aryl methyl sites for hydroxylation is 1. The Hall–Kier alpha value is -1.95. The van der Waals surface area contributed by atoms with Gasteiger partial charge in [-0.1, -0.05) is 0 Å². The van der Waals surface area contributed by atoms with Crippen molar-refractivity contribution >= 4 is 27.5 Å². The highest BCUT2D eigenvalue weighted by Gasteiger charge is 2.11. The maximum Gasteiger partial charge on any atom is 0.255 e. The summed E-state index contributed by atoms with van der Waals surface area (Å²) in [5, 5.41) is 2.70. The van der Waals surface area contributed by atoms with E-state index in [0.29, 0.717) is 11.3 Å². The lowest BCUT2D eigenvalue weighted by atomic mass is 10.2. The van der Waals surface area contributed by atoms with E-state index in [-0.39, 0.29) is 11.7 Å². The number of benzene rings is 1. The zero-order valence-electron chi connectivity index (χ0n) is 10.9. The van der Waals surface area contributed by atoms with Gasteiger partial charge >= 0.3 is 0 Å². The highest BCUT2D eigenvalue weighted by Crippen LogP contribution is 2.20. The first-order valence-corrected chi connectivity index (χ1v) is 6.57. The molecule has 1 N–H and O–H groups in total. The van der Waals surface area contributed by atoms with E-state index >= 15 is 0 Å². The predicted molar refractivity (Wildman–Crippen MR) is 77.6 cm³/mol. The van der Waals surface area contributed by atoms with Crippen molar-refractivity contribution in [1.29, 1.82) is 0 Å². The average Bonchev–Trinajstić information content (AvgIpc) is 2.43. The molecule has 20 heavy (non-hydrogen) atoms. The number of nitrogens with zero attached hydrogens (tertiary/aromatic N) is 1. The minimum absolute atomic E-state index is 0.0303. The highest BCUT2D eigenvalue weighted by molar-refractivity contribution is 9.10. The Morgan fingerprint density at radius 3 is 2.80 bits per heavy atom. The molecule has 4 nitrogen and oxygen atoms in total. The van der Waals surface area contributed by atoms with Gasteiger partial charge in [0, 0.05) is 5.56 Å². The number of hydrogen-bond donors (Lipinski definition) is 1. The summed E-state index contributed by atoms with van der Waals surface area (Å²) in [6.07, 6.45) is 1.54. The van der Waals surface area contributed by atoms with Gasteiger partial charge in [0.1, 0.15) is 4.60 Å². The van der Waals surface area contributed by atoms with E-state index in [1.807, 2.05) is 6.92 Å². The maximum atomic E-state index is 13.3. The van der Waals surface area contributed by atoms with Gasteiger partial charge in [0.05, 0.1) is 19.0 Å². The molecule has 0 aliphatic heterocycles. The smallest absolute Gasteiger partial charge is 0.255 e.